The van der Waals surface area contributed by atoms with Crippen LogP contribution in [0.5, 0.6) is 0 Å². The number of sulfonamides is 1. The van der Waals surface area contributed by atoms with Gasteiger partial charge < -0.3 is 5.73 Å². The number of nitrogens with one attached hydrogen (secondary N) is 1. The molecule has 1 fully saturated rings. The van der Waals surface area contributed by atoms with Gasteiger partial charge in [0.15, 0.2) is 0 Å². The lowest BCUT2D eigenvalue weighted by Gasteiger charge is -2.33. The van der Waals surface area contributed by atoms with E-state index in [0.717, 1.165) is 38.2 Å². The van der Waals surface area contributed by atoms with Crippen LogP contribution < -0.4 is 10.5 Å². The van der Waals surface area contributed by atoms with E-state index >= 15 is 0 Å². The quantitative estimate of drug-likeness (QED) is 0.604. The first-order valence-corrected chi connectivity index (χ1v) is 9.17. The molecular weight excluding hydrogens is 354 g/mol. The van der Waals surface area contributed by atoms with Gasteiger partial charge in [-0.15, -0.1) is 12.4 Å². The zero-order valence-corrected chi connectivity index (χ0v) is 15.5. The summed E-state index contributed by atoms with van der Waals surface area (Å²) >= 11 is 0. The van der Waals surface area contributed by atoms with Crippen LogP contribution in [0.15, 0.2) is 17.0 Å². The van der Waals surface area contributed by atoms with E-state index in [9.17, 15) is 18.5 Å². The largest absolute Gasteiger partial charge is 0.324 e. The minimum absolute atomic E-state index is 0. The van der Waals surface area contributed by atoms with Gasteiger partial charge in [0.1, 0.15) is 0 Å². The Morgan fingerprint density at radius 2 is 1.83 bits per heavy atom. The minimum Gasteiger partial charge on any atom is -0.324 e. The van der Waals surface area contributed by atoms with E-state index in [1.165, 1.54) is 6.07 Å². The minimum atomic E-state index is -3.84. The maximum absolute atomic E-state index is 12.6. The molecule has 7 nitrogen and oxygen atoms in total. The fourth-order valence-electron chi connectivity index (χ4n) is 2.94. The summed E-state index contributed by atoms with van der Waals surface area (Å²) in [5, 5.41) is 11.0. The van der Waals surface area contributed by atoms with Crippen LogP contribution in [-0.4, -0.2) is 25.4 Å². The molecule has 0 aromatic heterocycles. The Balaban J connectivity index is 0.00000288. The van der Waals surface area contributed by atoms with Gasteiger partial charge in [-0.05, 0) is 37.8 Å². The number of nitrogens with zero attached hydrogens (tertiary/aromatic N) is 1. The second kappa shape index (κ2) is 7.77. The Kier molecular flexibility index (Phi) is 6.75. The Bertz CT molecular complexity index is 716. The van der Waals surface area contributed by atoms with Crippen molar-refractivity contribution in [2.75, 3.05) is 6.54 Å². The van der Waals surface area contributed by atoms with Crippen LogP contribution in [0.4, 0.5) is 5.69 Å². The number of halogens is 1. The van der Waals surface area contributed by atoms with E-state index in [2.05, 4.69) is 4.72 Å². The second-order valence-electron chi connectivity index (χ2n) is 6.39. The predicted octanol–water partition coefficient (Wildman–Crippen LogP) is 2.57. The van der Waals surface area contributed by atoms with Crippen LogP contribution >= 0.6 is 12.4 Å². The first-order chi connectivity index (χ1) is 10.6. The molecule has 1 aromatic rings. The van der Waals surface area contributed by atoms with Gasteiger partial charge in [0.25, 0.3) is 5.69 Å². The summed E-state index contributed by atoms with van der Waals surface area (Å²) < 4.78 is 27.7. The summed E-state index contributed by atoms with van der Waals surface area (Å²) in [4.78, 5) is 10.3. The Hall–Kier alpha value is -1.22. The van der Waals surface area contributed by atoms with Gasteiger partial charge in [-0.25, -0.2) is 13.1 Å². The predicted molar refractivity (Wildman–Crippen MR) is 95.0 cm³/mol. The number of nitrogens with two attached hydrogens (primary N) is 1. The summed E-state index contributed by atoms with van der Waals surface area (Å²) in [5.41, 5.74) is 6.58. The van der Waals surface area contributed by atoms with Gasteiger partial charge in [-0.3, -0.25) is 10.1 Å². The molecule has 9 heteroatoms. The third-order valence-corrected chi connectivity index (χ3v) is 6.10. The molecule has 0 saturated heterocycles. The van der Waals surface area contributed by atoms with Crippen LogP contribution in [-0.2, 0) is 10.0 Å². The molecule has 3 N–H and O–H groups in total. The van der Waals surface area contributed by atoms with E-state index in [1.54, 1.807) is 13.8 Å². The van der Waals surface area contributed by atoms with Crippen molar-refractivity contribution in [3.8, 4) is 0 Å². The first-order valence-electron chi connectivity index (χ1n) is 7.69. The van der Waals surface area contributed by atoms with E-state index < -0.39 is 20.5 Å². The van der Waals surface area contributed by atoms with Gasteiger partial charge in [0.2, 0.25) is 10.0 Å². The van der Waals surface area contributed by atoms with Crippen LogP contribution in [0, 0.1) is 24.0 Å². The van der Waals surface area contributed by atoms with E-state index in [-0.39, 0.29) is 29.5 Å². The van der Waals surface area contributed by atoms with Gasteiger partial charge in [-0.1, -0.05) is 19.3 Å². The Morgan fingerprint density at radius 3 is 2.38 bits per heavy atom. The molecule has 0 bridgehead atoms. The molecule has 0 atom stereocenters. The van der Waals surface area contributed by atoms with E-state index in [4.69, 9.17) is 5.73 Å². The summed E-state index contributed by atoms with van der Waals surface area (Å²) in [6.07, 6.45) is 4.67. The van der Waals surface area contributed by atoms with Crippen molar-refractivity contribution < 1.29 is 13.3 Å². The van der Waals surface area contributed by atoms with Gasteiger partial charge in [0, 0.05) is 24.2 Å². The number of nitro groups is 1. The SMILES string of the molecule is Cc1cc([N+](=O)[O-])cc(S(=O)(=O)NCC2(N)CCCCC2)c1C.Cl. The molecular formula is C15H24ClN3O4S. The fourth-order valence-corrected chi connectivity index (χ4v) is 4.42. The first kappa shape index (κ1) is 20.8. The standard InChI is InChI=1S/C15H23N3O4S.ClH/c1-11-8-13(18(19)20)9-14(12(11)2)23(21,22)17-10-15(16)6-4-3-5-7-15;/h8-9,17H,3-7,10,16H2,1-2H3;1H. The molecule has 0 unspecified atom stereocenters. The molecule has 1 aromatic carbocycles. The molecule has 0 spiro atoms. The summed E-state index contributed by atoms with van der Waals surface area (Å²) in [5.74, 6) is 0. The molecule has 0 heterocycles. The lowest BCUT2D eigenvalue weighted by atomic mass is 9.83. The smallest absolute Gasteiger partial charge is 0.271 e. The van der Waals surface area contributed by atoms with Crippen molar-refractivity contribution in [2.45, 2.75) is 56.4 Å². The van der Waals surface area contributed by atoms with E-state index in [1.807, 2.05) is 0 Å². The molecule has 0 amide bonds. The second-order valence-corrected chi connectivity index (χ2v) is 8.13. The monoisotopic (exact) mass is 377 g/mol. The van der Waals surface area contributed by atoms with E-state index in [0.29, 0.717) is 11.1 Å². The average molecular weight is 378 g/mol. The number of rotatable bonds is 5. The summed E-state index contributed by atoms with van der Waals surface area (Å²) in [6.45, 7) is 3.45. The van der Waals surface area contributed by atoms with Crippen molar-refractivity contribution >= 4 is 28.1 Å². The molecule has 24 heavy (non-hydrogen) atoms. The van der Waals surface area contributed by atoms with Gasteiger partial charge in [0.05, 0.1) is 9.82 Å². The van der Waals surface area contributed by atoms with Crippen molar-refractivity contribution in [1.29, 1.82) is 0 Å². The van der Waals surface area contributed by atoms with Crippen molar-refractivity contribution in [1.82, 2.24) is 4.72 Å². The van der Waals surface area contributed by atoms with Crippen LogP contribution in [0.25, 0.3) is 0 Å². The fraction of sp³-hybridized carbons (Fsp3) is 0.600. The third kappa shape index (κ3) is 4.66. The molecule has 2 rings (SSSR count). The highest BCUT2D eigenvalue weighted by molar-refractivity contribution is 7.89. The number of aryl methyl sites for hydroxylation is 1. The Labute approximate surface area is 148 Å². The highest BCUT2D eigenvalue weighted by Gasteiger charge is 2.30. The average Bonchev–Trinajstić information content (AvgIpc) is 2.48. The lowest BCUT2D eigenvalue weighted by molar-refractivity contribution is -0.385. The highest BCUT2D eigenvalue weighted by atomic mass is 35.5. The van der Waals surface area contributed by atoms with Crippen molar-refractivity contribution in [3.63, 3.8) is 0 Å². The zero-order valence-electron chi connectivity index (χ0n) is 13.9. The maximum atomic E-state index is 12.6. The zero-order chi connectivity index (χ0) is 17.3. The van der Waals surface area contributed by atoms with Gasteiger partial charge in [-0.2, -0.15) is 0 Å². The number of non-ortho nitro benzene ring substituents is 1. The third-order valence-electron chi connectivity index (χ3n) is 4.57. The summed E-state index contributed by atoms with van der Waals surface area (Å²) in [6, 6.07) is 2.48. The van der Waals surface area contributed by atoms with Crippen LogP contribution in [0.1, 0.15) is 43.2 Å². The maximum Gasteiger partial charge on any atom is 0.271 e. The summed E-state index contributed by atoms with van der Waals surface area (Å²) in [7, 11) is -3.84. The normalized spacial score (nSPS) is 17.1. The molecule has 0 aliphatic heterocycles. The number of hydrogen-bond donors (Lipinski definition) is 2. The number of benzene rings is 1. The topological polar surface area (TPSA) is 115 Å². The molecule has 0 radical (unpaired) electrons. The molecule has 1 saturated carbocycles. The Morgan fingerprint density at radius 1 is 1.25 bits per heavy atom. The number of nitro benzene ring substituents is 1. The van der Waals surface area contributed by atoms with Crippen LogP contribution in [0.2, 0.25) is 0 Å². The molecule has 136 valence electrons. The molecule has 1 aliphatic carbocycles. The highest BCUT2D eigenvalue weighted by Crippen LogP contribution is 2.28. The molecule has 1 aliphatic rings. The van der Waals surface area contributed by atoms with Gasteiger partial charge >= 0.3 is 0 Å². The number of hydrogen-bond acceptors (Lipinski definition) is 5. The van der Waals surface area contributed by atoms with Crippen LogP contribution in [0.3, 0.4) is 0 Å². The lowest BCUT2D eigenvalue weighted by Crippen LogP contribution is -2.51. The van der Waals surface area contributed by atoms with Crippen molar-refractivity contribution in [2.24, 2.45) is 5.73 Å². The van der Waals surface area contributed by atoms with Crippen molar-refractivity contribution in [3.05, 3.63) is 33.4 Å².